The average molecular weight is 342 g/mol. The Morgan fingerprint density at radius 3 is 2.00 bits per heavy atom. The highest BCUT2D eigenvalue weighted by molar-refractivity contribution is 5.46. The van der Waals surface area contributed by atoms with Gasteiger partial charge in [0, 0.05) is 32.4 Å². The van der Waals surface area contributed by atoms with Crippen LogP contribution in [-0.2, 0) is 9.53 Å². The first kappa shape index (κ1) is 27.3. The van der Waals surface area contributed by atoms with Gasteiger partial charge in [0.2, 0.25) is 6.41 Å². The highest BCUT2D eigenvalue weighted by Crippen LogP contribution is 2.16. The van der Waals surface area contributed by atoms with Crippen LogP contribution in [0.15, 0.2) is 30.3 Å². The van der Waals surface area contributed by atoms with E-state index in [1.807, 2.05) is 41.5 Å². The maximum absolute atomic E-state index is 8.58. The summed E-state index contributed by atoms with van der Waals surface area (Å²) in [6.45, 7) is 17.1. The first-order valence-electron chi connectivity index (χ1n) is 8.98. The van der Waals surface area contributed by atoms with Crippen LogP contribution in [-0.4, -0.2) is 51.3 Å². The van der Waals surface area contributed by atoms with E-state index >= 15 is 0 Å². The molecule has 5 nitrogen and oxygen atoms in total. The number of ether oxygens (including phenoxy) is 1. The molecule has 2 N–H and O–H groups in total. The number of para-hydroxylation sites is 1. The van der Waals surface area contributed by atoms with E-state index in [4.69, 9.17) is 9.53 Å². The topological polar surface area (TPSA) is 58.8 Å². The molecule has 1 aromatic rings. The number of amides is 1. The summed E-state index contributed by atoms with van der Waals surface area (Å²) in [6, 6.07) is 10.6. The zero-order chi connectivity index (χ0) is 19.2. The molecule has 0 radical (unpaired) electrons. The van der Waals surface area contributed by atoms with Gasteiger partial charge >= 0.3 is 0 Å². The SMILES string of the molecule is CC.CC.CC.COCCN1CCN(c2ccccc2)C1.NC=O. The second kappa shape index (κ2) is 23.7. The minimum Gasteiger partial charge on any atom is -0.383 e. The van der Waals surface area contributed by atoms with Crippen molar-refractivity contribution < 1.29 is 9.53 Å². The Morgan fingerprint density at radius 2 is 1.54 bits per heavy atom. The lowest BCUT2D eigenvalue weighted by atomic mass is 10.3. The van der Waals surface area contributed by atoms with E-state index in [0.717, 1.165) is 32.9 Å². The third-order valence-electron chi connectivity index (χ3n) is 2.79. The van der Waals surface area contributed by atoms with Gasteiger partial charge in [0.1, 0.15) is 0 Å². The van der Waals surface area contributed by atoms with E-state index in [-0.39, 0.29) is 6.41 Å². The lowest BCUT2D eigenvalue weighted by Crippen LogP contribution is -2.27. The molecule has 0 spiro atoms. The van der Waals surface area contributed by atoms with Crippen LogP contribution < -0.4 is 10.6 Å². The van der Waals surface area contributed by atoms with Crippen molar-refractivity contribution in [1.29, 1.82) is 0 Å². The second-order valence-corrected chi connectivity index (χ2v) is 3.99. The molecule has 1 fully saturated rings. The number of carbonyl (C=O) groups excluding carboxylic acids is 1. The summed E-state index contributed by atoms with van der Waals surface area (Å²) < 4.78 is 5.08. The molecule has 5 heteroatoms. The quantitative estimate of drug-likeness (QED) is 0.850. The molecule has 0 aromatic heterocycles. The number of rotatable bonds is 4. The summed E-state index contributed by atoms with van der Waals surface area (Å²) in [5, 5.41) is 0. The summed E-state index contributed by atoms with van der Waals surface area (Å²) in [5.41, 5.74) is 5.48. The van der Waals surface area contributed by atoms with Gasteiger partial charge in [-0.1, -0.05) is 59.7 Å². The van der Waals surface area contributed by atoms with E-state index < -0.39 is 0 Å². The monoisotopic (exact) mass is 341 g/mol. The predicted octanol–water partition coefficient (Wildman–Crippen LogP) is 3.59. The molecule has 142 valence electrons. The third kappa shape index (κ3) is 14.0. The lowest BCUT2D eigenvalue weighted by Gasteiger charge is -2.19. The Labute approximate surface area is 149 Å². The van der Waals surface area contributed by atoms with Gasteiger partial charge in [-0.15, -0.1) is 0 Å². The van der Waals surface area contributed by atoms with Crippen molar-refractivity contribution in [2.24, 2.45) is 5.73 Å². The van der Waals surface area contributed by atoms with Gasteiger partial charge in [-0.05, 0) is 12.1 Å². The summed E-state index contributed by atoms with van der Waals surface area (Å²) in [4.78, 5) is 13.4. The Bertz CT molecular complexity index is 335. The Balaban J connectivity index is -0.000000422. The Kier molecular flexibility index (Phi) is 26.9. The summed E-state index contributed by atoms with van der Waals surface area (Å²) in [6.07, 6.45) is 0.250. The minimum absolute atomic E-state index is 0.250. The lowest BCUT2D eigenvalue weighted by molar-refractivity contribution is -0.106. The van der Waals surface area contributed by atoms with Crippen molar-refractivity contribution >= 4 is 12.1 Å². The van der Waals surface area contributed by atoms with Crippen LogP contribution in [0.2, 0.25) is 0 Å². The van der Waals surface area contributed by atoms with Crippen LogP contribution in [0.25, 0.3) is 0 Å². The number of carbonyl (C=O) groups is 1. The number of hydrogen-bond acceptors (Lipinski definition) is 4. The van der Waals surface area contributed by atoms with Gasteiger partial charge in [0.25, 0.3) is 0 Å². The maximum atomic E-state index is 8.58. The standard InChI is InChI=1S/C12H18N2O.3C2H6.CH3NO/c1-15-10-9-13-7-8-14(11-13)12-5-3-2-4-6-12;3*1-2;2-1-3/h2-6H,7-11H2,1H3;3*1-2H3;1H,(H2,2,3). The summed E-state index contributed by atoms with van der Waals surface area (Å²) in [5.74, 6) is 0. The maximum Gasteiger partial charge on any atom is 0.204 e. The normalized spacial score (nSPS) is 12.0. The minimum atomic E-state index is 0.250. The molecule has 1 aliphatic heterocycles. The van der Waals surface area contributed by atoms with E-state index in [2.05, 4.69) is 45.9 Å². The molecule has 1 saturated heterocycles. The van der Waals surface area contributed by atoms with Crippen molar-refractivity contribution in [3.63, 3.8) is 0 Å². The molecule has 0 unspecified atom stereocenters. The van der Waals surface area contributed by atoms with Gasteiger partial charge in [0.05, 0.1) is 13.3 Å². The Hall–Kier alpha value is -1.59. The van der Waals surface area contributed by atoms with Gasteiger partial charge in [-0.3, -0.25) is 9.69 Å². The Morgan fingerprint density at radius 1 is 1.04 bits per heavy atom. The first-order chi connectivity index (χ1) is 11.8. The van der Waals surface area contributed by atoms with Crippen LogP contribution in [0.3, 0.4) is 0 Å². The van der Waals surface area contributed by atoms with Crippen molar-refractivity contribution in [3.05, 3.63) is 30.3 Å². The number of methoxy groups -OCH3 is 1. The number of benzene rings is 1. The van der Waals surface area contributed by atoms with E-state index in [9.17, 15) is 0 Å². The molecule has 1 heterocycles. The largest absolute Gasteiger partial charge is 0.383 e. The number of primary amides is 1. The van der Waals surface area contributed by atoms with Crippen LogP contribution in [0.4, 0.5) is 5.69 Å². The molecule has 0 saturated carbocycles. The molecule has 0 atom stereocenters. The number of hydrogen-bond donors (Lipinski definition) is 1. The smallest absolute Gasteiger partial charge is 0.204 e. The molecule has 1 aliphatic rings. The molecule has 0 aliphatic carbocycles. The molecular weight excluding hydrogens is 302 g/mol. The van der Waals surface area contributed by atoms with E-state index in [1.165, 1.54) is 5.69 Å². The average Bonchev–Trinajstić information content (AvgIpc) is 3.15. The number of nitrogens with zero attached hydrogens (tertiary/aromatic N) is 2. The van der Waals surface area contributed by atoms with Gasteiger partial charge < -0.3 is 15.4 Å². The van der Waals surface area contributed by atoms with Crippen molar-refractivity contribution in [3.8, 4) is 0 Å². The highest BCUT2D eigenvalue weighted by Gasteiger charge is 2.18. The zero-order valence-corrected chi connectivity index (χ0v) is 16.8. The third-order valence-corrected chi connectivity index (χ3v) is 2.79. The zero-order valence-electron chi connectivity index (χ0n) is 16.8. The summed E-state index contributed by atoms with van der Waals surface area (Å²) >= 11 is 0. The van der Waals surface area contributed by atoms with Crippen molar-refractivity contribution in [1.82, 2.24) is 4.90 Å². The van der Waals surface area contributed by atoms with Crippen molar-refractivity contribution in [2.75, 3.05) is 44.9 Å². The molecule has 0 bridgehead atoms. The van der Waals surface area contributed by atoms with Crippen molar-refractivity contribution in [2.45, 2.75) is 41.5 Å². The molecular formula is C19H39N3O2. The fourth-order valence-electron chi connectivity index (χ4n) is 1.90. The molecule has 2 rings (SSSR count). The number of nitrogens with two attached hydrogens (primary N) is 1. The fourth-order valence-corrected chi connectivity index (χ4v) is 1.90. The predicted molar refractivity (Wildman–Crippen MR) is 106 cm³/mol. The van der Waals surface area contributed by atoms with Gasteiger partial charge in [-0.2, -0.15) is 0 Å². The summed E-state index contributed by atoms with van der Waals surface area (Å²) in [7, 11) is 1.75. The van der Waals surface area contributed by atoms with Crippen LogP contribution in [0, 0.1) is 0 Å². The molecule has 24 heavy (non-hydrogen) atoms. The van der Waals surface area contributed by atoms with E-state index in [0.29, 0.717) is 0 Å². The highest BCUT2D eigenvalue weighted by atomic mass is 16.5. The molecule has 1 aromatic carbocycles. The van der Waals surface area contributed by atoms with Gasteiger partial charge in [0.15, 0.2) is 0 Å². The van der Waals surface area contributed by atoms with Crippen LogP contribution in [0.1, 0.15) is 41.5 Å². The van der Waals surface area contributed by atoms with E-state index in [1.54, 1.807) is 7.11 Å². The molecule has 1 amide bonds. The van der Waals surface area contributed by atoms with Gasteiger partial charge in [-0.25, -0.2) is 0 Å². The fraction of sp³-hybridized carbons (Fsp3) is 0.632. The van der Waals surface area contributed by atoms with Crippen LogP contribution in [0.5, 0.6) is 0 Å². The first-order valence-corrected chi connectivity index (χ1v) is 8.98. The van der Waals surface area contributed by atoms with Crippen LogP contribution >= 0.6 is 0 Å². The second-order valence-electron chi connectivity index (χ2n) is 3.99. The number of anilines is 1.